The summed E-state index contributed by atoms with van der Waals surface area (Å²) in [5, 5.41) is 3.32. The van der Waals surface area contributed by atoms with Crippen LogP contribution in [0.25, 0.3) is 0 Å². The second kappa shape index (κ2) is 7.30. The zero-order chi connectivity index (χ0) is 16.2. The Bertz CT molecular complexity index is 610. The summed E-state index contributed by atoms with van der Waals surface area (Å²) in [6, 6.07) is 3.37. The van der Waals surface area contributed by atoms with E-state index in [-0.39, 0.29) is 4.90 Å². The third-order valence-corrected chi connectivity index (χ3v) is 4.95. The number of piperazine rings is 1. The normalized spacial score (nSPS) is 16.5. The van der Waals surface area contributed by atoms with Crippen molar-refractivity contribution in [3.8, 4) is 11.5 Å². The predicted molar refractivity (Wildman–Crippen MR) is 85.7 cm³/mol. The van der Waals surface area contributed by atoms with Gasteiger partial charge in [-0.05, 0) is 12.5 Å². The third kappa shape index (κ3) is 4.12. The number of ether oxygens (including phenoxy) is 2. The molecule has 0 spiro atoms. The summed E-state index contributed by atoms with van der Waals surface area (Å²) in [4.78, 5) is 2.54. The Morgan fingerprint density at radius 1 is 1.18 bits per heavy atom. The molecule has 1 heterocycles. The first kappa shape index (κ1) is 17.1. The Kier molecular flexibility index (Phi) is 5.66. The van der Waals surface area contributed by atoms with Gasteiger partial charge in [-0.3, -0.25) is 0 Å². The van der Waals surface area contributed by atoms with Crippen molar-refractivity contribution in [1.29, 1.82) is 0 Å². The second-order valence-electron chi connectivity index (χ2n) is 5.43. The number of hydrogen-bond acceptors (Lipinski definition) is 6. The highest BCUT2D eigenvalue weighted by molar-refractivity contribution is 7.90. The smallest absolute Gasteiger partial charge is 0.179 e. The minimum absolute atomic E-state index is 0.185. The summed E-state index contributed by atoms with van der Waals surface area (Å²) in [6.45, 7) is 4.86. The van der Waals surface area contributed by atoms with Crippen LogP contribution in [0.2, 0.25) is 0 Å². The van der Waals surface area contributed by atoms with Crippen LogP contribution in [0.3, 0.4) is 0 Å². The first-order valence-corrected chi connectivity index (χ1v) is 9.23. The van der Waals surface area contributed by atoms with Crippen molar-refractivity contribution < 1.29 is 17.9 Å². The van der Waals surface area contributed by atoms with E-state index in [0.717, 1.165) is 44.7 Å². The molecule has 0 unspecified atom stereocenters. The van der Waals surface area contributed by atoms with E-state index in [9.17, 15) is 8.42 Å². The molecule has 124 valence electrons. The van der Waals surface area contributed by atoms with Crippen LogP contribution in [-0.2, 0) is 16.3 Å². The first-order valence-electron chi connectivity index (χ1n) is 7.33. The maximum absolute atomic E-state index is 12.0. The van der Waals surface area contributed by atoms with E-state index in [0.29, 0.717) is 11.5 Å². The molecule has 1 saturated heterocycles. The van der Waals surface area contributed by atoms with E-state index in [1.807, 2.05) is 6.07 Å². The number of sulfone groups is 1. The Morgan fingerprint density at radius 2 is 1.86 bits per heavy atom. The Hall–Kier alpha value is -1.31. The fraction of sp³-hybridized carbons (Fsp3) is 0.600. The van der Waals surface area contributed by atoms with Crippen molar-refractivity contribution in [2.75, 3.05) is 53.2 Å². The summed E-state index contributed by atoms with van der Waals surface area (Å²) in [6.07, 6.45) is 1.91. The van der Waals surface area contributed by atoms with Gasteiger partial charge in [-0.15, -0.1) is 0 Å². The molecule has 22 heavy (non-hydrogen) atoms. The largest absolute Gasteiger partial charge is 0.497 e. The average molecular weight is 328 g/mol. The highest BCUT2D eigenvalue weighted by Crippen LogP contribution is 2.33. The van der Waals surface area contributed by atoms with Crippen molar-refractivity contribution >= 4 is 9.84 Å². The van der Waals surface area contributed by atoms with E-state index >= 15 is 0 Å². The van der Waals surface area contributed by atoms with Gasteiger partial charge in [-0.1, -0.05) is 0 Å². The highest BCUT2D eigenvalue weighted by atomic mass is 32.2. The van der Waals surface area contributed by atoms with Crippen LogP contribution < -0.4 is 14.8 Å². The molecule has 0 atom stereocenters. The molecule has 1 aliphatic heterocycles. The van der Waals surface area contributed by atoms with E-state index in [4.69, 9.17) is 9.47 Å². The predicted octanol–water partition coefficient (Wildman–Crippen LogP) is 0.555. The van der Waals surface area contributed by atoms with Gasteiger partial charge >= 0.3 is 0 Å². The molecule has 7 heteroatoms. The maximum Gasteiger partial charge on any atom is 0.179 e. The van der Waals surface area contributed by atoms with Gasteiger partial charge in [-0.2, -0.15) is 0 Å². The van der Waals surface area contributed by atoms with Crippen molar-refractivity contribution in [3.63, 3.8) is 0 Å². The van der Waals surface area contributed by atoms with Crippen molar-refractivity contribution in [2.45, 2.75) is 11.3 Å². The molecule has 1 N–H and O–H groups in total. The van der Waals surface area contributed by atoms with Gasteiger partial charge in [-0.25, -0.2) is 8.42 Å². The van der Waals surface area contributed by atoms with Gasteiger partial charge in [0, 0.05) is 50.6 Å². The van der Waals surface area contributed by atoms with Crippen LogP contribution in [0.5, 0.6) is 11.5 Å². The summed E-state index contributed by atoms with van der Waals surface area (Å²) in [5.74, 6) is 0.968. The van der Waals surface area contributed by atoms with Gasteiger partial charge in [0.1, 0.15) is 16.4 Å². The molecular formula is C15H24N2O4S. The molecule has 2 rings (SSSR count). The lowest BCUT2D eigenvalue weighted by Gasteiger charge is -2.27. The topological polar surface area (TPSA) is 67.9 Å². The summed E-state index contributed by atoms with van der Waals surface area (Å²) >= 11 is 0. The molecule has 1 aromatic carbocycles. The number of nitrogens with one attached hydrogen (secondary N) is 1. The van der Waals surface area contributed by atoms with E-state index in [1.54, 1.807) is 0 Å². The van der Waals surface area contributed by atoms with Crippen molar-refractivity contribution in [3.05, 3.63) is 17.7 Å². The number of rotatable bonds is 6. The SMILES string of the molecule is COc1cc(CCN2CCNCC2)c(OC)c(S(C)(=O)=O)c1. The van der Waals surface area contributed by atoms with Gasteiger partial charge in [0.15, 0.2) is 9.84 Å². The Morgan fingerprint density at radius 3 is 2.41 bits per heavy atom. The molecule has 1 fully saturated rings. The number of nitrogens with zero attached hydrogens (tertiary/aromatic N) is 1. The van der Waals surface area contributed by atoms with Crippen LogP contribution >= 0.6 is 0 Å². The fourth-order valence-electron chi connectivity index (χ4n) is 2.66. The molecule has 6 nitrogen and oxygen atoms in total. The van der Waals surface area contributed by atoms with E-state index in [1.165, 1.54) is 26.5 Å². The Labute approximate surface area is 132 Å². The van der Waals surface area contributed by atoms with Crippen LogP contribution in [0.15, 0.2) is 17.0 Å². The van der Waals surface area contributed by atoms with Crippen molar-refractivity contribution in [2.24, 2.45) is 0 Å². The third-order valence-electron chi connectivity index (χ3n) is 3.85. The lowest BCUT2D eigenvalue weighted by molar-refractivity contribution is 0.242. The number of benzene rings is 1. The molecule has 0 amide bonds. The lowest BCUT2D eigenvalue weighted by Crippen LogP contribution is -2.44. The molecule has 1 aromatic rings. The maximum atomic E-state index is 12.0. The zero-order valence-corrected chi connectivity index (χ0v) is 14.2. The minimum Gasteiger partial charge on any atom is -0.497 e. The van der Waals surface area contributed by atoms with Crippen LogP contribution in [-0.4, -0.2) is 66.5 Å². The molecule has 0 radical (unpaired) electrons. The van der Waals surface area contributed by atoms with Gasteiger partial charge in [0.2, 0.25) is 0 Å². The summed E-state index contributed by atoms with van der Waals surface area (Å²) in [7, 11) is -0.332. The van der Waals surface area contributed by atoms with Gasteiger partial charge < -0.3 is 19.7 Å². The quantitative estimate of drug-likeness (QED) is 0.823. The van der Waals surface area contributed by atoms with Crippen LogP contribution in [0.1, 0.15) is 5.56 Å². The molecule has 0 aromatic heterocycles. The second-order valence-corrected chi connectivity index (χ2v) is 7.42. The zero-order valence-electron chi connectivity index (χ0n) is 13.4. The van der Waals surface area contributed by atoms with Crippen LogP contribution in [0, 0.1) is 0 Å². The monoisotopic (exact) mass is 328 g/mol. The molecule has 0 aliphatic carbocycles. The molecular weight excluding hydrogens is 304 g/mol. The van der Waals surface area contributed by atoms with E-state index < -0.39 is 9.84 Å². The lowest BCUT2D eigenvalue weighted by atomic mass is 10.1. The molecule has 0 saturated carbocycles. The molecule has 1 aliphatic rings. The minimum atomic E-state index is -3.37. The summed E-state index contributed by atoms with van der Waals surface area (Å²) < 4.78 is 34.6. The Balaban J connectivity index is 2.28. The van der Waals surface area contributed by atoms with Crippen LogP contribution in [0.4, 0.5) is 0 Å². The van der Waals surface area contributed by atoms with Gasteiger partial charge in [0.25, 0.3) is 0 Å². The average Bonchev–Trinajstić information content (AvgIpc) is 2.52. The standard InChI is InChI=1S/C15H24N2O4S/c1-20-13-10-12(4-7-17-8-5-16-6-9-17)15(21-2)14(11-13)22(3,18)19/h10-11,16H,4-9H2,1-3H3. The summed E-state index contributed by atoms with van der Waals surface area (Å²) in [5.41, 5.74) is 0.862. The number of methoxy groups -OCH3 is 2. The highest BCUT2D eigenvalue weighted by Gasteiger charge is 2.20. The number of hydrogen-bond donors (Lipinski definition) is 1. The van der Waals surface area contributed by atoms with Gasteiger partial charge in [0.05, 0.1) is 14.2 Å². The fourth-order valence-corrected chi connectivity index (χ4v) is 3.54. The molecule has 0 bridgehead atoms. The van der Waals surface area contributed by atoms with E-state index in [2.05, 4.69) is 10.2 Å². The first-order chi connectivity index (χ1) is 10.5. The van der Waals surface area contributed by atoms with Crippen molar-refractivity contribution in [1.82, 2.24) is 10.2 Å².